The Morgan fingerprint density at radius 2 is 2.00 bits per heavy atom. The van der Waals surface area contributed by atoms with Crippen molar-refractivity contribution in [3.8, 4) is 0 Å². The van der Waals surface area contributed by atoms with Gasteiger partial charge in [-0.25, -0.2) is 4.98 Å². The molecule has 0 fully saturated rings. The molecule has 3 nitrogen and oxygen atoms in total. The highest BCUT2D eigenvalue weighted by Gasteiger charge is 2.12. The highest BCUT2D eigenvalue weighted by Crippen LogP contribution is 2.26. The lowest BCUT2D eigenvalue weighted by atomic mass is 10.1. The van der Waals surface area contributed by atoms with Gasteiger partial charge < -0.3 is 10.2 Å². The van der Waals surface area contributed by atoms with Crippen molar-refractivity contribution < 1.29 is 0 Å². The summed E-state index contributed by atoms with van der Waals surface area (Å²) in [5, 5.41) is 3.38. The van der Waals surface area contributed by atoms with E-state index in [4.69, 9.17) is 0 Å². The number of benzene rings is 1. The van der Waals surface area contributed by atoms with Crippen LogP contribution in [0.1, 0.15) is 25.0 Å². The van der Waals surface area contributed by atoms with Crippen molar-refractivity contribution in [2.45, 2.75) is 27.3 Å². The Balaban J connectivity index is 2.36. The van der Waals surface area contributed by atoms with Gasteiger partial charge in [-0.2, -0.15) is 0 Å². The molecule has 0 saturated carbocycles. The number of aromatic nitrogens is 1. The zero-order valence-electron chi connectivity index (χ0n) is 12.6. The van der Waals surface area contributed by atoms with Gasteiger partial charge in [0.15, 0.2) is 0 Å². The van der Waals surface area contributed by atoms with Crippen LogP contribution in [0.3, 0.4) is 0 Å². The first kappa shape index (κ1) is 14.5. The summed E-state index contributed by atoms with van der Waals surface area (Å²) in [6.45, 7) is 9.12. The minimum Gasteiger partial charge on any atom is -0.326 e. The Morgan fingerprint density at radius 3 is 2.70 bits per heavy atom. The van der Waals surface area contributed by atoms with Crippen LogP contribution in [0.4, 0.5) is 11.5 Å². The molecule has 2 rings (SSSR count). The summed E-state index contributed by atoms with van der Waals surface area (Å²) in [5.41, 5.74) is 3.70. The molecule has 2 aromatic rings. The SMILES string of the molecule is CCNCc1cccnc1N(CC)c1cccc(C)c1. The van der Waals surface area contributed by atoms with E-state index < -0.39 is 0 Å². The minimum absolute atomic E-state index is 0.849. The van der Waals surface area contributed by atoms with Gasteiger partial charge in [0.2, 0.25) is 0 Å². The largest absolute Gasteiger partial charge is 0.326 e. The van der Waals surface area contributed by atoms with E-state index in [0.29, 0.717) is 0 Å². The molecule has 0 aliphatic carbocycles. The van der Waals surface area contributed by atoms with Crippen LogP contribution < -0.4 is 10.2 Å². The Morgan fingerprint density at radius 1 is 1.15 bits per heavy atom. The molecule has 0 saturated heterocycles. The topological polar surface area (TPSA) is 28.2 Å². The van der Waals surface area contributed by atoms with Gasteiger partial charge in [-0.15, -0.1) is 0 Å². The second kappa shape index (κ2) is 7.06. The van der Waals surface area contributed by atoms with Crippen molar-refractivity contribution in [1.29, 1.82) is 0 Å². The van der Waals surface area contributed by atoms with Gasteiger partial charge in [0.1, 0.15) is 5.82 Å². The first-order valence-electron chi connectivity index (χ1n) is 7.25. The van der Waals surface area contributed by atoms with Crippen molar-refractivity contribution in [2.24, 2.45) is 0 Å². The lowest BCUT2D eigenvalue weighted by Crippen LogP contribution is -2.21. The summed E-state index contributed by atoms with van der Waals surface area (Å²) in [6.07, 6.45) is 1.86. The van der Waals surface area contributed by atoms with Gasteiger partial charge >= 0.3 is 0 Å². The highest BCUT2D eigenvalue weighted by atomic mass is 15.2. The molecule has 0 unspecified atom stereocenters. The zero-order chi connectivity index (χ0) is 14.4. The smallest absolute Gasteiger partial charge is 0.137 e. The molecule has 0 aliphatic rings. The van der Waals surface area contributed by atoms with Crippen LogP contribution >= 0.6 is 0 Å². The summed E-state index contributed by atoms with van der Waals surface area (Å²) in [7, 11) is 0. The maximum atomic E-state index is 4.59. The average molecular weight is 269 g/mol. The molecule has 0 amide bonds. The molecule has 1 heterocycles. The molecule has 106 valence electrons. The predicted molar refractivity (Wildman–Crippen MR) is 85.5 cm³/mol. The first-order valence-corrected chi connectivity index (χ1v) is 7.25. The second-order valence-corrected chi connectivity index (χ2v) is 4.85. The Bertz CT molecular complexity index is 551. The van der Waals surface area contributed by atoms with Crippen LogP contribution in [0.2, 0.25) is 0 Å². The third kappa shape index (κ3) is 3.36. The molecule has 3 heteroatoms. The number of nitrogens with zero attached hydrogens (tertiary/aromatic N) is 2. The fourth-order valence-electron chi connectivity index (χ4n) is 2.32. The summed E-state index contributed by atoms with van der Waals surface area (Å²) in [5.74, 6) is 1.04. The number of hydrogen-bond acceptors (Lipinski definition) is 3. The number of hydrogen-bond donors (Lipinski definition) is 1. The molecule has 1 aromatic carbocycles. The van der Waals surface area contributed by atoms with E-state index >= 15 is 0 Å². The number of pyridine rings is 1. The molecule has 20 heavy (non-hydrogen) atoms. The minimum atomic E-state index is 0.849. The molecule has 1 N–H and O–H groups in total. The number of anilines is 2. The van der Waals surface area contributed by atoms with Gasteiger partial charge in [-0.05, 0) is 44.2 Å². The van der Waals surface area contributed by atoms with Gasteiger partial charge in [0.05, 0.1) is 0 Å². The Kier molecular flexibility index (Phi) is 5.13. The normalized spacial score (nSPS) is 10.6. The van der Waals surface area contributed by atoms with E-state index in [2.05, 4.69) is 66.3 Å². The van der Waals surface area contributed by atoms with Crippen LogP contribution in [-0.2, 0) is 6.54 Å². The van der Waals surface area contributed by atoms with Gasteiger partial charge in [0, 0.05) is 30.5 Å². The third-order valence-corrected chi connectivity index (χ3v) is 3.32. The number of nitrogens with one attached hydrogen (secondary N) is 1. The maximum Gasteiger partial charge on any atom is 0.137 e. The van der Waals surface area contributed by atoms with Crippen LogP contribution in [0.5, 0.6) is 0 Å². The van der Waals surface area contributed by atoms with Crippen molar-refractivity contribution in [2.75, 3.05) is 18.0 Å². The Hall–Kier alpha value is -1.87. The van der Waals surface area contributed by atoms with Gasteiger partial charge in [-0.3, -0.25) is 0 Å². The van der Waals surface area contributed by atoms with Crippen molar-refractivity contribution >= 4 is 11.5 Å². The maximum absolute atomic E-state index is 4.59. The lowest BCUT2D eigenvalue weighted by molar-refractivity contribution is 0.722. The predicted octanol–water partition coefficient (Wildman–Crippen LogP) is 3.66. The third-order valence-electron chi connectivity index (χ3n) is 3.32. The summed E-state index contributed by atoms with van der Waals surface area (Å²) >= 11 is 0. The fourth-order valence-corrected chi connectivity index (χ4v) is 2.32. The average Bonchev–Trinajstić information content (AvgIpc) is 2.47. The molecule has 0 atom stereocenters. The number of aryl methyl sites for hydroxylation is 1. The van der Waals surface area contributed by atoms with E-state index in [-0.39, 0.29) is 0 Å². The van der Waals surface area contributed by atoms with E-state index in [1.165, 1.54) is 16.8 Å². The van der Waals surface area contributed by atoms with Crippen LogP contribution in [0.25, 0.3) is 0 Å². The first-order chi connectivity index (χ1) is 9.76. The Labute approximate surface area is 121 Å². The standard InChI is InChI=1S/C17H23N3/c1-4-18-13-15-9-7-11-19-17(15)20(5-2)16-10-6-8-14(3)12-16/h6-12,18H,4-5,13H2,1-3H3. The molecule has 0 aliphatic heterocycles. The molecule has 0 bridgehead atoms. The van der Waals surface area contributed by atoms with Gasteiger partial charge in [-0.1, -0.05) is 25.1 Å². The van der Waals surface area contributed by atoms with Gasteiger partial charge in [0.25, 0.3) is 0 Å². The van der Waals surface area contributed by atoms with Crippen LogP contribution in [0, 0.1) is 6.92 Å². The number of rotatable bonds is 6. The summed E-state index contributed by atoms with van der Waals surface area (Å²) in [6, 6.07) is 12.7. The lowest BCUT2D eigenvalue weighted by Gasteiger charge is -2.25. The zero-order valence-corrected chi connectivity index (χ0v) is 12.6. The summed E-state index contributed by atoms with van der Waals surface area (Å²) in [4.78, 5) is 6.86. The van der Waals surface area contributed by atoms with E-state index in [0.717, 1.165) is 25.5 Å². The van der Waals surface area contributed by atoms with Crippen molar-refractivity contribution in [1.82, 2.24) is 10.3 Å². The molecule has 0 spiro atoms. The van der Waals surface area contributed by atoms with Crippen molar-refractivity contribution in [3.05, 3.63) is 53.7 Å². The molecular weight excluding hydrogens is 246 g/mol. The molecular formula is C17H23N3. The monoisotopic (exact) mass is 269 g/mol. The quantitative estimate of drug-likeness (QED) is 0.867. The van der Waals surface area contributed by atoms with Crippen molar-refractivity contribution in [3.63, 3.8) is 0 Å². The fraction of sp³-hybridized carbons (Fsp3) is 0.353. The van der Waals surface area contributed by atoms with E-state index in [1.807, 2.05) is 12.3 Å². The molecule has 1 aromatic heterocycles. The molecule has 0 radical (unpaired) electrons. The van der Waals surface area contributed by atoms with Crippen LogP contribution in [0.15, 0.2) is 42.6 Å². The van der Waals surface area contributed by atoms with E-state index in [1.54, 1.807) is 0 Å². The van der Waals surface area contributed by atoms with E-state index in [9.17, 15) is 0 Å². The second-order valence-electron chi connectivity index (χ2n) is 4.85. The summed E-state index contributed by atoms with van der Waals surface area (Å²) < 4.78 is 0. The highest BCUT2D eigenvalue weighted by molar-refractivity contribution is 5.63. The van der Waals surface area contributed by atoms with Crippen LogP contribution in [-0.4, -0.2) is 18.1 Å².